The van der Waals surface area contributed by atoms with Gasteiger partial charge in [-0.3, -0.25) is 0 Å². The Morgan fingerprint density at radius 3 is 2.32 bits per heavy atom. The first kappa shape index (κ1) is 24.1. The molecule has 4 aliphatic carbocycles. The molecule has 180 valence electrons. The zero-order chi connectivity index (χ0) is 22.6. The number of aliphatic hydroxyl groups is 1. The van der Waals surface area contributed by atoms with Gasteiger partial charge in [-0.1, -0.05) is 67.7 Å². The summed E-state index contributed by atoms with van der Waals surface area (Å²) in [5.74, 6) is 7.20. The van der Waals surface area contributed by atoms with Crippen molar-refractivity contribution in [3.8, 4) is 0 Å². The van der Waals surface area contributed by atoms with E-state index in [1.165, 1.54) is 57.8 Å². The van der Waals surface area contributed by atoms with Crippen LogP contribution in [-0.2, 0) is 0 Å². The van der Waals surface area contributed by atoms with Crippen molar-refractivity contribution in [3.05, 3.63) is 0 Å². The Bertz CT molecular complexity index is 626. The van der Waals surface area contributed by atoms with Crippen LogP contribution in [0, 0.1) is 58.2 Å². The fraction of sp³-hybridized carbons (Fsp3) is 1.00. The Hall–Kier alpha value is -0.0400. The van der Waals surface area contributed by atoms with Crippen molar-refractivity contribution in [1.29, 1.82) is 0 Å². The second kappa shape index (κ2) is 8.63. The first-order valence-corrected chi connectivity index (χ1v) is 14.3. The highest BCUT2D eigenvalue weighted by Crippen LogP contribution is 2.70. The molecule has 0 heterocycles. The highest BCUT2D eigenvalue weighted by molar-refractivity contribution is 5.11. The molecular formula is C30H54O. The van der Waals surface area contributed by atoms with Gasteiger partial charge in [-0.05, 0) is 116 Å². The van der Waals surface area contributed by atoms with Crippen LogP contribution >= 0.6 is 0 Å². The van der Waals surface area contributed by atoms with Crippen LogP contribution in [0.5, 0.6) is 0 Å². The SMILES string of the molecule is CC[C@]1(O)CC[C@@]2(C)[C@@H](CC[C@@H]3[C@@H]2CC[C@]2(C)[C@@H]([C@H](C)CCCC(C)C)[C@H](C)C[C@@H]32)C1. The third-order valence-corrected chi connectivity index (χ3v) is 12.0. The van der Waals surface area contributed by atoms with Gasteiger partial charge in [0.25, 0.3) is 0 Å². The summed E-state index contributed by atoms with van der Waals surface area (Å²) in [7, 11) is 0. The van der Waals surface area contributed by atoms with Gasteiger partial charge in [-0.15, -0.1) is 0 Å². The summed E-state index contributed by atoms with van der Waals surface area (Å²) in [6, 6.07) is 0. The molecule has 0 spiro atoms. The van der Waals surface area contributed by atoms with Crippen LogP contribution < -0.4 is 0 Å². The van der Waals surface area contributed by atoms with E-state index in [1.54, 1.807) is 0 Å². The predicted molar refractivity (Wildman–Crippen MR) is 133 cm³/mol. The Kier molecular flexibility index (Phi) is 6.71. The fourth-order valence-electron chi connectivity index (χ4n) is 10.3. The average Bonchev–Trinajstić information content (AvgIpc) is 2.98. The molecule has 4 saturated carbocycles. The molecule has 0 radical (unpaired) electrons. The zero-order valence-corrected chi connectivity index (χ0v) is 22.1. The smallest absolute Gasteiger partial charge is 0.0648 e. The standard InChI is InChI=1S/C30H54O/c1-8-30(31)17-16-28(6)23(19-30)12-13-24-25(28)14-15-29(7)26(24)18-22(5)27(29)21(4)11-9-10-20(2)3/h20-27,31H,8-19H2,1-7H3/t21-,22-,23+,24-,25+,26+,27+,28+,29+,30+/m1/s1. The molecule has 0 aromatic rings. The van der Waals surface area contributed by atoms with Gasteiger partial charge < -0.3 is 5.11 Å². The van der Waals surface area contributed by atoms with Crippen LogP contribution in [0.1, 0.15) is 126 Å². The molecule has 31 heavy (non-hydrogen) atoms. The Morgan fingerprint density at radius 2 is 1.65 bits per heavy atom. The maximum absolute atomic E-state index is 11.1. The molecule has 0 aromatic heterocycles. The number of rotatable bonds is 6. The predicted octanol–water partition coefficient (Wildman–Crippen LogP) is 8.49. The molecule has 0 amide bonds. The van der Waals surface area contributed by atoms with Crippen LogP contribution in [-0.4, -0.2) is 10.7 Å². The van der Waals surface area contributed by atoms with Crippen molar-refractivity contribution in [2.45, 2.75) is 131 Å². The molecule has 10 atom stereocenters. The van der Waals surface area contributed by atoms with Crippen molar-refractivity contribution < 1.29 is 5.11 Å². The monoisotopic (exact) mass is 430 g/mol. The summed E-state index contributed by atoms with van der Waals surface area (Å²) in [5, 5.41) is 11.1. The highest BCUT2D eigenvalue weighted by Gasteiger charge is 2.62. The molecule has 4 aliphatic rings. The van der Waals surface area contributed by atoms with Crippen molar-refractivity contribution in [1.82, 2.24) is 0 Å². The Labute approximate surface area is 194 Å². The van der Waals surface area contributed by atoms with Gasteiger partial charge in [-0.2, -0.15) is 0 Å². The Morgan fingerprint density at radius 1 is 0.903 bits per heavy atom. The van der Waals surface area contributed by atoms with Gasteiger partial charge in [0.15, 0.2) is 0 Å². The molecule has 0 saturated heterocycles. The van der Waals surface area contributed by atoms with E-state index >= 15 is 0 Å². The third kappa shape index (κ3) is 4.06. The first-order valence-electron chi connectivity index (χ1n) is 14.3. The molecule has 4 rings (SSSR count). The second-order valence-corrected chi connectivity index (χ2v) is 14.0. The van der Waals surface area contributed by atoms with Gasteiger partial charge in [0, 0.05) is 0 Å². The van der Waals surface area contributed by atoms with Crippen molar-refractivity contribution >= 4 is 0 Å². The van der Waals surface area contributed by atoms with E-state index in [1.807, 2.05) is 0 Å². The van der Waals surface area contributed by atoms with E-state index in [0.29, 0.717) is 10.8 Å². The van der Waals surface area contributed by atoms with Crippen LogP contribution in [0.15, 0.2) is 0 Å². The summed E-state index contributed by atoms with van der Waals surface area (Å²) in [5.41, 5.74) is 0.717. The maximum Gasteiger partial charge on any atom is 0.0648 e. The lowest BCUT2D eigenvalue weighted by molar-refractivity contribution is -0.152. The molecule has 0 unspecified atom stereocenters. The third-order valence-electron chi connectivity index (χ3n) is 12.0. The molecule has 1 heteroatoms. The van der Waals surface area contributed by atoms with E-state index in [4.69, 9.17) is 0 Å². The van der Waals surface area contributed by atoms with Crippen LogP contribution in [0.4, 0.5) is 0 Å². The van der Waals surface area contributed by atoms with Crippen molar-refractivity contribution in [2.75, 3.05) is 0 Å². The summed E-state index contributed by atoms with van der Waals surface area (Å²) in [4.78, 5) is 0. The molecule has 0 bridgehead atoms. The quantitative estimate of drug-likeness (QED) is 0.448. The second-order valence-electron chi connectivity index (χ2n) is 14.0. The number of fused-ring (bicyclic) bond motifs is 5. The first-order chi connectivity index (χ1) is 14.5. The zero-order valence-electron chi connectivity index (χ0n) is 22.1. The summed E-state index contributed by atoms with van der Waals surface area (Å²) < 4.78 is 0. The van der Waals surface area contributed by atoms with Gasteiger partial charge in [-0.25, -0.2) is 0 Å². The molecule has 0 aromatic carbocycles. The van der Waals surface area contributed by atoms with Gasteiger partial charge in [0.2, 0.25) is 0 Å². The van der Waals surface area contributed by atoms with E-state index in [9.17, 15) is 5.11 Å². The van der Waals surface area contributed by atoms with E-state index < -0.39 is 0 Å². The van der Waals surface area contributed by atoms with Crippen molar-refractivity contribution in [3.63, 3.8) is 0 Å². The Balaban J connectivity index is 1.50. The van der Waals surface area contributed by atoms with Gasteiger partial charge in [0.1, 0.15) is 0 Å². The highest BCUT2D eigenvalue weighted by atomic mass is 16.3. The molecule has 0 aliphatic heterocycles. The number of hydrogen-bond acceptors (Lipinski definition) is 1. The largest absolute Gasteiger partial charge is 0.390 e. The van der Waals surface area contributed by atoms with Crippen LogP contribution in [0.3, 0.4) is 0 Å². The normalized spacial score (nSPS) is 50.6. The van der Waals surface area contributed by atoms with E-state index in [-0.39, 0.29) is 5.60 Å². The van der Waals surface area contributed by atoms with Crippen molar-refractivity contribution in [2.24, 2.45) is 58.2 Å². The fourth-order valence-corrected chi connectivity index (χ4v) is 10.3. The lowest BCUT2D eigenvalue weighted by atomic mass is 9.43. The molecule has 4 fully saturated rings. The molecule has 1 N–H and O–H groups in total. The summed E-state index contributed by atoms with van der Waals surface area (Å²) in [6.07, 6.45) is 15.9. The maximum atomic E-state index is 11.1. The minimum absolute atomic E-state index is 0.363. The molecule has 1 nitrogen and oxygen atoms in total. The lowest BCUT2D eigenvalue weighted by Crippen LogP contribution is -2.56. The summed E-state index contributed by atoms with van der Waals surface area (Å²) in [6.45, 7) is 17.5. The van der Waals surface area contributed by atoms with Crippen LogP contribution in [0.2, 0.25) is 0 Å². The summed E-state index contributed by atoms with van der Waals surface area (Å²) >= 11 is 0. The van der Waals surface area contributed by atoms with E-state index in [2.05, 4.69) is 48.5 Å². The number of hydrogen-bond donors (Lipinski definition) is 1. The van der Waals surface area contributed by atoms with Gasteiger partial charge >= 0.3 is 0 Å². The topological polar surface area (TPSA) is 20.2 Å². The molecular weight excluding hydrogens is 376 g/mol. The van der Waals surface area contributed by atoms with Crippen LogP contribution in [0.25, 0.3) is 0 Å². The average molecular weight is 431 g/mol. The minimum atomic E-state index is -0.363. The van der Waals surface area contributed by atoms with E-state index in [0.717, 1.165) is 66.6 Å². The lowest BCUT2D eigenvalue weighted by Gasteiger charge is -2.62. The minimum Gasteiger partial charge on any atom is -0.390 e. The van der Waals surface area contributed by atoms with Gasteiger partial charge in [0.05, 0.1) is 5.60 Å².